The lowest BCUT2D eigenvalue weighted by molar-refractivity contribution is 0.571. The van der Waals surface area contributed by atoms with Crippen molar-refractivity contribution in [1.29, 1.82) is 0 Å². The van der Waals surface area contributed by atoms with Crippen LogP contribution in [-0.2, 0) is 0 Å². The van der Waals surface area contributed by atoms with E-state index in [4.69, 9.17) is 0 Å². The van der Waals surface area contributed by atoms with Crippen molar-refractivity contribution < 1.29 is 8.78 Å². The molecule has 2 rings (SSSR count). The number of benzene rings is 1. The molecule has 2 aromatic rings. The summed E-state index contributed by atoms with van der Waals surface area (Å²) in [6.07, 6.45) is 0. The number of aryl methyl sites for hydroxylation is 1. The molecule has 0 aliphatic carbocycles. The second-order valence-electron chi connectivity index (χ2n) is 4.37. The molecule has 0 bridgehead atoms. The summed E-state index contributed by atoms with van der Waals surface area (Å²) in [5.41, 5.74) is 2.00. The van der Waals surface area contributed by atoms with E-state index in [-0.39, 0.29) is 11.6 Å². The van der Waals surface area contributed by atoms with E-state index in [2.05, 4.69) is 5.10 Å². The fourth-order valence-corrected chi connectivity index (χ4v) is 1.68. The highest BCUT2D eigenvalue weighted by molar-refractivity contribution is 5.35. The van der Waals surface area contributed by atoms with E-state index < -0.39 is 11.6 Å². The summed E-state index contributed by atoms with van der Waals surface area (Å²) in [5, 5.41) is 4.32. The quantitative estimate of drug-likeness (QED) is 0.776. The van der Waals surface area contributed by atoms with Crippen LogP contribution in [0.15, 0.2) is 24.3 Å². The molecule has 4 heteroatoms. The topological polar surface area (TPSA) is 17.8 Å². The maximum atomic E-state index is 13.6. The van der Waals surface area contributed by atoms with Crippen LogP contribution in [0.3, 0.4) is 0 Å². The minimum absolute atomic E-state index is 0.274. The van der Waals surface area contributed by atoms with Crippen LogP contribution in [0.5, 0.6) is 0 Å². The van der Waals surface area contributed by atoms with Gasteiger partial charge in [-0.3, -0.25) is 0 Å². The monoisotopic (exact) mass is 266 g/mol. The van der Waals surface area contributed by atoms with Gasteiger partial charge in [0, 0.05) is 11.8 Å². The van der Waals surface area contributed by atoms with Crippen molar-refractivity contribution in [1.82, 2.24) is 9.78 Å². The van der Waals surface area contributed by atoms with E-state index in [1.165, 1.54) is 16.8 Å². The van der Waals surface area contributed by atoms with Crippen LogP contribution in [0.25, 0.3) is 5.69 Å². The van der Waals surface area contributed by atoms with E-state index in [0.29, 0.717) is 0 Å². The van der Waals surface area contributed by atoms with Gasteiger partial charge in [-0.1, -0.05) is 27.7 Å². The summed E-state index contributed by atoms with van der Waals surface area (Å²) in [6, 6.07) is 5.41. The van der Waals surface area contributed by atoms with Gasteiger partial charge in [-0.15, -0.1) is 0 Å². The Hall–Kier alpha value is -1.71. The largest absolute Gasteiger partial charge is 0.235 e. The van der Waals surface area contributed by atoms with Crippen LogP contribution in [0.2, 0.25) is 0 Å². The van der Waals surface area contributed by atoms with E-state index in [0.717, 1.165) is 17.5 Å². The molecule has 0 saturated carbocycles. The molecule has 0 radical (unpaired) electrons. The molecule has 1 aromatic carbocycles. The molecule has 104 valence electrons. The number of hydrogen-bond donors (Lipinski definition) is 0. The van der Waals surface area contributed by atoms with Crippen LogP contribution in [-0.4, -0.2) is 9.78 Å². The molecule has 1 aromatic heterocycles. The maximum Gasteiger partial charge on any atom is 0.151 e. The average molecular weight is 266 g/mol. The summed E-state index contributed by atoms with van der Waals surface area (Å²) in [4.78, 5) is 0. The van der Waals surface area contributed by atoms with Crippen LogP contribution >= 0.6 is 0 Å². The highest BCUT2D eigenvalue weighted by atomic mass is 19.1. The number of halogens is 2. The number of hydrogen-bond acceptors (Lipinski definition) is 1. The molecular formula is C15H20F2N2. The third-order valence-corrected chi connectivity index (χ3v) is 2.64. The molecule has 0 fully saturated rings. The normalized spacial score (nSPS) is 10.3. The Balaban J connectivity index is 0.000000861. The number of rotatable bonds is 2. The van der Waals surface area contributed by atoms with Gasteiger partial charge in [-0.05, 0) is 31.0 Å². The van der Waals surface area contributed by atoms with E-state index >= 15 is 0 Å². The first-order valence-corrected chi connectivity index (χ1v) is 6.51. The Bertz CT molecular complexity index is 545. The van der Waals surface area contributed by atoms with Gasteiger partial charge < -0.3 is 0 Å². The average Bonchev–Trinajstić information content (AvgIpc) is 2.74. The number of aromatic nitrogens is 2. The maximum absolute atomic E-state index is 13.6. The second kappa shape index (κ2) is 6.45. The van der Waals surface area contributed by atoms with Gasteiger partial charge in [-0.2, -0.15) is 5.10 Å². The van der Waals surface area contributed by atoms with Gasteiger partial charge in [0.2, 0.25) is 0 Å². The van der Waals surface area contributed by atoms with Crippen molar-refractivity contribution in [2.45, 2.75) is 40.5 Å². The van der Waals surface area contributed by atoms with Gasteiger partial charge in [0.1, 0.15) is 11.5 Å². The SMILES string of the molecule is CC.Cc1cc(C(C)C)nn1-c1ccc(F)cc1F. The van der Waals surface area contributed by atoms with E-state index in [9.17, 15) is 8.78 Å². The molecule has 0 aliphatic rings. The lowest BCUT2D eigenvalue weighted by Crippen LogP contribution is -2.03. The Morgan fingerprint density at radius 3 is 2.21 bits per heavy atom. The molecule has 0 atom stereocenters. The Labute approximate surface area is 113 Å². The Kier molecular flexibility index (Phi) is 5.21. The third-order valence-electron chi connectivity index (χ3n) is 2.64. The zero-order valence-electron chi connectivity index (χ0n) is 12.0. The molecule has 0 aliphatic heterocycles. The van der Waals surface area contributed by atoms with Crippen LogP contribution < -0.4 is 0 Å². The summed E-state index contributed by atoms with van der Waals surface area (Å²) in [5.74, 6) is -0.912. The highest BCUT2D eigenvalue weighted by Crippen LogP contribution is 2.20. The molecular weight excluding hydrogens is 246 g/mol. The predicted octanol–water partition coefficient (Wildman–Crippen LogP) is 4.61. The summed E-state index contributed by atoms with van der Waals surface area (Å²) >= 11 is 0. The van der Waals surface area contributed by atoms with Gasteiger partial charge in [0.25, 0.3) is 0 Å². The minimum Gasteiger partial charge on any atom is -0.235 e. The van der Waals surface area contributed by atoms with Crippen molar-refractivity contribution in [3.8, 4) is 5.69 Å². The lowest BCUT2D eigenvalue weighted by atomic mass is 10.1. The van der Waals surface area contributed by atoms with E-state index in [1.807, 2.05) is 40.7 Å². The van der Waals surface area contributed by atoms with E-state index in [1.54, 1.807) is 0 Å². The van der Waals surface area contributed by atoms with Crippen LogP contribution in [0.1, 0.15) is 45.0 Å². The number of nitrogens with zero attached hydrogens (tertiary/aromatic N) is 2. The first-order chi connectivity index (χ1) is 8.99. The summed E-state index contributed by atoms with van der Waals surface area (Å²) in [6.45, 7) is 9.89. The first kappa shape index (κ1) is 15.3. The van der Waals surface area contributed by atoms with Crippen molar-refractivity contribution in [2.24, 2.45) is 0 Å². The molecule has 0 unspecified atom stereocenters. The van der Waals surface area contributed by atoms with Gasteiger partial charge in [-0.25, -0.2) is 13.5 Å². The first-order valence-electron chi connectivity index (χ1n) is 6.51. The fourth-order valence-electron chi connectivity index (χ4n) is 1.68. The zero-order valence-corrected chi connectivity index (χ0v) is 12.0. The third kappa shape index (κ3) is 3.40. The minimum atomic E-state index is -0.605. The second-order valence-corrected chi connectivity index (χ2v) is 4.37. The zero-order chi connectivity index (χ0) is 14.6. The molecule has 0 saturated heterocycles. The smallest absolute Gasteiger partial charge is 0.151 e. The molecule has 0 spiro atoms. The summed E-state index contributed by atoms with van der Waals surface area (Å²) < 4.78 is 28.0. The molecule has 1 heterocycles. The van der Waals surface area contributed by atoms with Crippen molar-refractivity contribution in [3.05, 3.63) is 47.3 Å². The lowest BCUT2D eigenvalue weighted by Gasteiger charge is -2.05. The van der Waals surface area contributed by atoms with Crippen LogP contribution in [0.4, 0.5) is 8.78 Å². The predicted molar refractivity (Wildman–Crippen MR) is 73.7 cm³/mol. The van der Waals surface area contributed by atoms with Gasteiger partial charge >= 0.3 is 0 Å². The summed E-state index contributed by atoms with van der Waals surface area (Å²) in [7, 11) is 0. The molecule has 19 heavy (non-hydrogen) atoms. The Morgan fingerprint density at radius 2 is 1.74 bits per heavy atom. The van der Waals surface area contributed by atoms with Crippen molar-refractivity contribution in [3.63, 3.8) is 0 Å². The van der Waals surface area contributed by atoms with Crippen molar-refractivity contribution in [2.75, 3.05) is 0 Å². The standard InChI is InChI=1S/C13H14F2N2.C2H6/c1-8(2)12-6-9(3)17(16-12)13-5-4-10(14)7-11(13)15;1-2/h4-8H,1-3H3;1-2H3. The molecule has 0 N–H and O–H groups in total. The Morgan fingerprint density at radius 1 is 1.11 bits per heavy atom. The molecule has 0 amide bonds. The van der Waals surface area contributed by atoms with Crippen molar-refractivity contribution >= 4 is 0 Å². The molecule has 2 nitrogen and oxygen atoms in total. The van der Waals surface area contributed by atoms with Gasteiger partial charge in [0.15, 0.2) is 5.82 Å². The highest BCUT2D eigenvalue weighted by Gasteiger charge is 2.12. The fraction of sp³-hybridized carbons (Fsp3) is 0.400. The van der Waals surface area contributed by atoms with Crippen LogP contribution in [0, 0.1) is 18.6 Å². The van der Waals surface area contributed by atoms with Gasteiger partial charge in [0.05, 0.1) is 5.69 Å².